The van der Waals surface area contributed by atoms with E-state index in [9.17, 15) is 14.4 Å². The summed E-state index contributed by atoms with van der Waals surface area (Å²) in [7, 11) is 0. The highest BCUT2D eigenvalue weighted by Crippen LogP contribution is 2.11. The molecule has 0 aliphatic heterocycles. The van der Waals surface area contributed by atoms with E-state index in [-0.39, 0.29) is 38.0 Å². The number of carbonyl (C=O) groups is 3. The minimum atomic E-state index is -0.850. The molecular weight excluding hydrogens is 973 g/mol. The second-order valence-electron chi connectivity index (χ2n) is 19.5. The predicted octanol–water partition coefficient (Wildman–Crippen LogP) is 21.4. The summed E-state index contributed by atoms with van der Waals surface area (Å²) in [6.45, 7) is 6.25. The molecule has 438 valence electrons. The molecule has 1 unspecified atom stereocenters. The number of ether oxygens (including phenoxy) is 3. The van der Waals surface area contributed by atoms with Gasteiger partial charge in [-0.05, 0) is 154 Å². The highest BCUT2D eigenvalue weighted by Gasteiger charge is 2.19. The molecule has 0 radical (unpaired) electrons. The van der Waals surface area contributed by atoms with Gasteiger partial charge in [0.15, 0.2) is 6.10 Å². The number of unbranched alkanes of at least 4 members (excludes halogenated alkanes) is 10. The summed E-state index contributed by atoms with van der Waals surface area (Å²) in [6, 6.07) is 0. The highest BCUT2D eigenvalue weighted by atomic mass is 16.6. The Morgan fingerprint density at radius 1 is 0.266 bits per heavy atom. The molecule has 0 rings (SSSR count). The summed E-state index contributed by atoms with van der Waals surface area (Å²) in [5, 5.41) is 0. The first-order valence-electron chi connectivity index (χ1n) is 30.9. The van der Waals surface area contributed by atoms with Crippen molar-refractivity contribution in [3.8, 4) is 0 Å². The summed E-state index contributed by atoms with van der Waals surface area (Å²) in [4.78, 5) is 38.2. The van der Waals surface area contributed by atoms with Crippen LogP contribution in [0.25, 0.3) is 0 Å². The lowest BCUT2D eigenvalue weighted by Gasteiger charge is -2.18. The Bertz CT molecular complexity index is 1920. The number of hydrogen-bond donors (Lipinski definition) is 0. The lowest BCUT2D eigenvalue weighted by Crippen LogP contribution is -2.30. The molecule has 0 saturated carbocycles. The van der Waals surface area contributed by atoms with E-state index in [0.717, 1.165) is 148 Å². The summed E-state index contributed by atoms with van der Waals surface area (Å²) in [5.74, 6) is -1.08. The smallest absolute Gasteiger partial charge is 0.306 e. The number of carbonyl (C=O) groups excluding carboxylic acids is 3. The molecule has 6 heteroatoms. The van der Waals surface area contributed by atoms with Crippen LogP contribution in [0.4, 0.5) is 0 Å². The maximum Gasteiger partial charge on any atom is 0.306 e. The largest absolute Gasteiger partial charge is 0.462 e. The number of hydrogen-bond acceptors (Lipinski definition) is 6. The Labute approximate surface area is 484 Å². The SMILES string of the molecule is CC/C=C\C/C=C\C/C=C\C/C=C\C/C=C\C/C=C\C/C=C\C/C=C\C/C=C\CCCC(=O)OCC(COC(=O)CCCCCCC/C=C\C/C=C\CCCCC)OC(=O)CCC/C=C\C/C=C\C/C=C\C/C=C\C/C=C\CC. The van der Waals surface area contributed by atoms with E-state index >= 15 is 0 Å². The van der Waals surface area contributed by atoms with Crippen molar-refractivity contribution in [2.75, 3.05) is 13.2 Å². The molecule has 0 aromatic carbocycles. The van der Waals surface area contributed by atoms with Gasteiger partial charge in [0.1, 0.15) is 13.2 Å². The molecule has 0 fully saturated rings. The van der Waals surface area contributed by atoms with E-state index in [1.165, 1.54) is 25.7 Å². The third-order valence-electron chi connectivity index (χ3n) is 12.1. The van der Waals surface area contributed by atoms with Crippen molar-refractivity contribution < 1.29 is 28.6 Å². The van der Waals surface area contributed by atoms with Crippen LogP contribution in [0, 0.1) is 0 Å². The summed E-state index contributed by atoms with van der Waals surface area (Å²) in [6.07, 6.45) is 98.7. The fourth-order valence-corrected chi connectivity index (χ4v) is 7.51. The van der Waals surface area contributed by atoms with Crippen LogP contribution < -0.4 is 0 Å². The van der Waals surface area contributed by atoms with E-state index in [2.05, 4.69) is 215 Å². The first-order chi connectivity index (χ1) is 39.0. The average Bonchev–Trinajstić information content (AvgIpc) is 3.45. The lowest BCUT2D eigenvalue weighted by atomic mass is 10.1. The van der Waals surface area contributed by atoms with Gasteiger partial charge in [0.2, 0.25) is 0 Å². The molecule has 0 N–H and O–H groups in total. The van der Waals surface area contributed by atoms with Gasteiger partial charge in [-0.3, -0.25) is 14.4 Å². The predicted molar refractivity (Wildman–Crippen MR) is 343 cm³/mol. The zero-order valence-corrected chi connectivity index (χ0v) is 50.0. The van der Waals surface area contributed by atoms with Crippen LogP contribution in [-0.4, -0.2) is 37.2 Å². The molecule has 6 nitrogen and oxygen atoms in total. The molecule has 0 heterocycles. The van der Waals surface area contributed by atoms with Crippen LogP contribution in [0.2, 0.25) is 0 Å². The van der Waals surface area contributed by atoms with Gasteiger partial charge in [-0.25, -0.2) is 0 Å². The number of rotatable bonds is 53. The monoisotopic (exact) mass is 1080 g/mol. The highest BCUT2D eigenvalue weighted by molar-refractivity contribution is 5.71. The van der Waals surface area contributed by atoms with E-state index < -0.39 is 12.1 Å². The fraction of sp³-hybridized carbons (Fsp3) is 0.521. The van der Waals surface area contributed by atoms with Crippen LogP contribution in [0.15, 0.2) is 194 Å². The Balaban J connectivity index is 4.57. The molecule has 0 spiro atoms. The van der Waals surface area contributed by atoms with Crippen LogP contribution in [0.3, 0.4) is 0 Å². The van der Waals surface area contributed by atoms with Crippen molar-refractivity contribution in [1.82, 2.24) is 0 Å². The second-order valence-corrected chi connectivity index (χ2v) is 19.5. The number of esters is 3. The Morgan fingerprint density at radius 2 is 0.506 bits per heavy atom. The van der Waals surface area contributed by atoms with Crippen LogP contribution >= 0.6 is 0 Å². The first kappa shape index (κ1) is 73.2. The maximum atomic E-state index is 12.9. The minimum Gasteiger partial charge on any atom is -0.462 e. The van der Waals surface area contributed by atoms with Crippen LogP contribution in [0.5, 0.6) is 0 Å². The molecule has 0 aromatic rings. The van der Waals surface area contributed by atoms with Crippen molar-refractivity contribution in [2.45, 2.75) is 232 Å². The average molecular weight is 1080 g/mol. The van der Waals surface area contributed by atoms with Crippen molar-refractivity contribution >= 4 is 17.9 Å². The second kappa shape index (κ2) is 64.8. The normalized spacial score (nSPS) is 13.5. The van der Waals surface area contributed by atoms with E-state index in [4.69, 9.17) is 14.2 Å². The molecule has 0 amide bonds. The number of allylic oxidation sites excluding steroid dienone is 32. The zero-order chi connectivity index (χ0) is 57.1. The van der Waals surface area contributed by atoms with Crippen LogP contribution in [-0.2, 0) is 28.6 Å². The Kier molecular flexibility index (Phi) is 60.1. The van der Waals surface area contributed by atoms with Gasteiger partial charge in [-0.2, -0.15) is 0 Å². The molecular formula is C73H110O6. The van der Waals surface area contributed by atoms with Gasteiger partial charge < -0.3 is 14.2 Å². The topological polar surface area (TPSA) is 78.9 Å². The van der Waals surface area contributed by atoms with Gasteiger partial charge in [-0.1, -0.05) is 247 Å². The Morgan fingerprint density at radius 3 is 0.823 bits per heavy atom. The van der Waals surface area contributed by atoms with Gasteiger partial charge in [0.25, 0.3) is 0 Å². The lowest BCUT2D eigenvalue weighted by molar-refractivity contribution is -0.167. The van der Waals surface area contributed by atoms with Gasteiger partial charge in [0, 0.05) is 19.3 Å². The molecule has 0 aliphatic carbocycles. The summed E-state index contributed by atoms with van der Waals surface area (Å²) < 4.78 is 16.8. The molecule has 0 bridgehead atoms. The molecule has 0 aliphatic rings. The maximum absolute atomic E-state index is 12.9. The molecule has 0 aromatic heterocycles. The van der Waals surface area contributed by atoms with E-state index in [1.54, 1.807) is 0 Å². The first-order valence-corrected chi connectivity index (χ1v) is 30.9. The standard InChI is InChI=1S/C73H110O6/c1-4-7-10-13-16-19-22-25-28-30-31-32-33-34-35-36-37-38-39-40-41-43-45-48-51-54-57-60-63-66-72(75)78-69-70(68-77-71(74)65-62-59-56-53-50-47-44-27-24-21-18-15-12-9-6-3)79-73(76)67-64-61-58-55-52-49-46-42-29-26-23-20-17-14-11-8-5-2/h7-8,10-11,16-21,25-29,31-32,34-35,37-38,40-41,44-46,48-49,54-55,57-58,70H,4-6,9,12-15,22-24,30,33,36,39,42-43,47,50-53,56,59-69H2,1-3H3/b10-7-,11-8-,19-16-,20-17-,21-18-,28-25-,29-26-,32-31-,35-34-,38-37-,41-40-,44-27-,48-45-,49-46-,57-54-,58-55-. The van der Waals surface area contributed by atoms with Crippen molar-refractivity contribution in [3.05, 3.63) is 194 Å². The van der Waals surface area contributed by atoms with Crippen LogP contribution in [0.1, 0.15) is 226 Å². The van der Waals surface area contributed by atoms with Gasteiger partial charge >= 0.3 is 17.9 Å². The van der Waals surface area contributed by atoms with Gasteiger partial charge in [-0.15, -0.1) is 0 Å². The quantitative estimate of drug-likeness (QED) is 0.0261. The van der Waals surface area contributed by atoms with E-state index in [1.807, 2.05) is 0 Å². The third-order valence-corrected chi connectivity index (χ3v) is 12.1. The minimum absolute atomic E-state index is 0.136. The zero-order valence-electron chi connectivity index (χ0n) is 50.0. The van der Waals surface area contributed by atoms with Crippen molar-refractivity contribution in [1.29, 1.82) is 0 Å². The molecule has 1 atom stereocenters. The Hall–Kier alpha value is -5.75. The van der Waals surface area contributed by atoms with Crippen molar-refractivity contribution in [3.63, 3.8) is 0 Å². The van der Waals surface area contributed by atoms with E-state index in [0.29, 0.717) is 19.3 Å². The molecule has 79 heavy (non-hydrogen) atoms. The third kappa shape index (κ3) is 63.0. The molecule has 0 saturated heterocycles. The summed E-state index contributed by atoms with van der Waals surface area (Å²) in [5.41, 5.74) is 0. The van der Waals surface area contributed by atoms with Gasteiger partial charge in [0.05, 0.1) is 0 Å². The fourth-order valence-electron chi connectivity index (χ4n) is 7.51. The summed E-state index contributed by atoms with van der Waals surface area (Å²) >= 11 is 0. The van der Waals surface area contributed by atoms with Crippen molar-refractivity contribution in [2.24, 2.45) is 0 Å².